The first-order chi connectivity index (χ1) is 18.7. The molecule has 0 saturated carbocycles. The molecule has 0 unspecified atom stereocenters. The molecule has 5 rings (SSSR count). The third kappa shape index (κ3) is 5.79. The zero-order valence-corrected chi connectivity index (χ0v) is 21.0. The first kappa shape index (κ1) is 26.4. The van der Waals surface area contributed by atoms with Gasteiger partial charge in [0.1, 0.15) is 5.82 Å². The van der Waals surface area contributed by atoms with E-state index in [0.717, 1.165) is 12.3 Å². The van der Waals surface area contributed by atoms with Gasteiger partial charge in [-0.1, -0.05) is 6.92 Å². The summed E-state index contributed by atoms with van der Waals surface area (Å²) in [5.41, 5.74) is -0.604. The number of fused-ring (bicyclic) bond motifs is 1. The molecular weight excluding hydrogens is 520 g/mol. The van der Waals surface area contributed by atoms with E-state index in [1.807, 2.05) is 6.92 Å². The van der Waals surface area contributed by atoms with E-state index >= 15 is 0 Å². The molecule has 14 heteroatoms. The highest BCUT2D eigenvalue weighted by molar-refractivity contribution is 5.96. The fourth-order valence-corrected chi connectivity index (χ4v) is 4.39. The highest BCUT2D eigenvalue weighted by Gasteiger charge is 2.35. The van der Waals surface area contributed by atoms with Crippen molar-refractivity contribution >= 4 is 40.7 Å². The number of carbonyl (C=O) groups excluding carboxylic acids is 1. The maximum absolute atomic E-state index is 14.6. The number of hydrogen-bond acceptors (Lipinski definition) is 9. The van der Waals surface area contributed by atoms with Crippen molar-refractivity contribution in [3.05, 3.63) is 47.9 Å². The van der Waals surface area contributed by atoms with Gasteiger partial charge in [-0.3, -0.25) is 9.69 Å². The van der Waals surface area contributed by atoms with Crippen LogP contribution in [0.5, 0.6) is 5.75 Å². The molecule has 1 fully saturated rings. The molecule has 1 saturated heterocycles. The predicted octanol–water partition coefficient (Wildman–Crippen LogP) is 4.06. The van der Waals surface area contributed by atoms with Gasteiger partial charge in [0.05, 0.1) is 11.8 Å². The first-order valence-electron chi connectivity index (χ1n) is 12.4. The maximum Gasteiger partial charge on any atom is 0.418 e. The van der Waals surface area contributed by atoms with Crippen LogP contribution in [0.15, 0.2) is 36.5 Å². The molecular formula is C25H26F4N8O2. The van der Waals surface area contributed by atoms with Gasteiger partial charge in [0.15, 0.2) is 29.8 Å². The number of aromatic nitrogens is 3. The third-order valence-electron chi connectivity index (χ3n) is 6.20. The molecule has 2 aromatic heterocycles. The molecule has 4 heterocycles. The Morgan fingerprint density at radius 1 is 1.10 bits per heavy atom. The fourth-order valence-electron chi connectivity index (χ4n) is 4.39. The van der Waals surface area contributed by atoms with Gasteiger partial charge in [-0.05, 0) is 36.8 Å². The third-order valence-corrected chi connectivity index (χ3v) is 6.20. The molecule has 206 valence electrons. The number of piperazine rings is 1. The van der Waals surface area contributed by atoms with Crippen LogP contribution in [0.1, 0.15) is 18.9 Å². The summed E-state index contributed by atoms with van der Waals surface area (Å²) in [4.78, 5) is 27.8. The Balaban J connectivity index is 1.38. The minimum absolute atomic E-state index is 0.0926. The number of alkyl halides is 3. The van der Waals surface area contributed by atoms with Crippen LogP contribution in [-0.2, 0) is 11.0 Å². The fraction of sp³-hybridized carbons (Fsp3) is 0.360. The summed E-state index contributed by atoms with van der Waals surface area (Å²) in [6.07, 6.45) is -2.98. The second-order valence-corrected chi connectivity index (χ2v) is 8.96. The zero-order chi connectivity index (χ0) is 27.6. The van der Waals surface area contributed by atoms with Crippen molar-refractivity contribution < 1.29 is 27.1 Å². The highest BCUT2D eigenvalue weighted by Crippen LogP contribution is 2.39. The summed E-state index contributed by atoms with van der Waals surface area (Å²) >= 11 is 0. The summed E-state index contributed by atoms with van der Waals surface area (Å²) in [5, 5.41) is 8.60. The van der Waals surface area contributed by atoms with E-state index in [0.29, 0.717) is 50.7 Å². The van der Waals surface area contributed by atoms with Crippen molar-refractivity contribution in [1.29, 1.82) is 0 Å². The number of rotatable bonds is 7. The Hall–Kier alpha value is -4.20. The van der Waals surface area contributed by atoms with E-state index < -0.39 is 17.6 Å². The monoisotopic (exact) mass is 546 g/mol. The first-order valence-corrected chi connectivity index (χ1v) is 12.4. The average molecular weight is 547 g/mol. The SMILES string of the molecule is CCCN1C(=O)COc2ccc(Nc3nc(Nc4ccc(N5CCNCC5)c(C(F)(F)F)c4)ncc3F)nc21. The number of nitrogens with zero attached hydrogens (tertiary/aromatic N) is 5. The highest BCUT2D eigenvalue weighted by atomic mass is 19.4. The number of pyridine rings is 1. The van der Waals surface area contributed by atoms with Crippen LogP contribution in [0.2, 0.25) is 0 Å². The lowest BCUT2D eigenvalue weighted by Crippen LogP contribution is -2.44. The Morgan fingerprint density at radius 2 is 1.90 bits per heavy atom. The standard InChI is InChI=1S/C25H26F4N8O2/c1-2-9-37-21(38)14-39-19-5-6-20(34-23(19)37)33-22-17(26)13-31-24(35-22)32-15-3-4-18(16(12-15)25(27,28)29)36-10-7-30-8-11-36/h3-6,12-13,30H,2,7-11,14H2,1H3,(H2,31,32,33,34,35). The molecule has 0 aliphatic carbocycles. The van der Waals surface area contributed by atoms with Gasteiger partial charge in [0, 0.05) is 44.1 Å². The Labute approximate surface area is 221 Å². The van der Waals surface area contributed by atoms with Crippen LogP contribution >= 0.6 is 0 Å². The lowest BCUT2D eigenvalue weighted by molar-refractivity contribution is -0.137. The normalized spacial score (nSPS) is 15.6. The van der Waals surface area contributed by atoms with Crippen LogP contribution < -0.4 is 30.5 Å². The average Bonchev–Trinajstić information content (AvgIpc) is 2.92. The van der Waals surface area contributed by atoms with E-state index in [2.05, 4.69) is 30.9 Å². The van der Waals surface area contributed by atoms with Gasteiger partial charge >= 0.3 is 6.18 Å². The lowest BCUT2D eigenvalue weighted by Gasteiger charge is -2.31. The van der Waals surface area contributed by atoms with Crippen molar-refractivity contribution in [3.63, 3.8) is 0 Å². The van der Waals surface area contributed by atoms with Crippen molar-refractivity contribution in [3.8, 4) is 5.75 Å². The van der Waals surface area contributed by atoms with Gasteiger partial charge in [0.25, 0.3) is 5.91 Å². The van der Waals surface area contributed by atoms with E-state index in [1.165, 1.54) is 23.1 Å². The van der Waals surface area contributed by atoms with Crippen LogP contribution in [0, 0.1) is 5.82 Å². The largest absolute Gasteiger partial charge is 0.480 e. The molecule has 3 aromatic rings. The smallest absolute Gasteiger partial charge is 0.418 e. The number of amides is 1. The number of nitrogens with one attached hydrogen (secondary N) is 3. The number of anilines is 6. The second-order valence-electron chi connectivity index (χ2n) is 8.96. The molecule has 2 aliphatic rings. The zero-order valence-electron chi connectivity index (χ0n) is 21.0. The van der Waals surface area contributed by atoms with Crippen molar-refractivity contribution in [2.45, 2.75) is 19.5 Å². The molecule has 1 amide bonds. The molecule has 1 aromatic carbocycles. The molecule has 0 bridgehead atoms. The molecule has 10 nitrogen and oxygen atoms in total. The summed E-state index contributed by atoms with van der Waals surface area (Å²) in [6, 6.07) is 7.04. The second kappa shape index (κ2) is 10.9. The molecule has 0 radical (unpaired) electrons. The quantitative estimate of drug-likeness (QED) is 0.378. The molecule has 2 aliphatic heterocycles. The minimum atomic E-state index is -4.58. The van der Waals surface area contributed by atoms with Gasteiger partial charge in [-0.25, -0.2) is 14.4 Å². The molecule has 0 atom stereocenters. The Morgan fingerprint density at radius 3 is 2.64 bits per heavy atom. The molecule has 3 N–H and O–H groups in total. The number of carbonyl (C=O) groups is 1. The summed E-state index contributed by atoms with van der Waals surface area (Å²) in [5.74, 6) is -0.502. The van der Waals surface area contributed by atoms with Crippen molar-refractivity contribution in [2.75, 3.05) is 59.8 Å². The topological polar surface area (TPSA) is 108 Å². The van der Waals surface area contributed by atoms with E-state index in [-0.39, 0.29) is 41.5 Å². The van der Waals surface area contributed by atoms with Crippen LogP contribution in [-0.4, -0.2) is 60.2 Å². The van der Waals surface area contributed by atoms with Crippen molar-refractivity contribution in [1.82, 2.24) is 20.3 Å². The van der Waals surface area contributed by atoms with Gasteiger partial charge < -0.3 is 25.6 Å². The van der Waals surface area contributed by atoms with E-state index in [9.17, 15) is 22.4 Å². The number of halogens is 4. The van der Waals surface area contributed by atoms with E-state index in [1.54, 1.807) is 11.0 Å². The predicted molar refractivity (Wildman–Crippen MR) is 137 cm³/mol. The molecule has 0 spiro atoms. The summed E-state index contributed by atoms with van der Waals surface area (Å²) < 4.78 is 61.7. The number of hydrogen-bond donors (Lipinski definition) is 3. The summed E-state index contributed by atoms with van der Waals surface area (Å²) in [6.45, 7) is 4.37. The van der Waals surface area contributed by atoms with Gasteiger partial charge in [-0.2, -0.15) is 18.2 Å². The van der Waals surface area contributed by atoms with Gasteiger partial charge in [0.2, 0.25) is 5.95 Å². The van der Waals surface area contributed by atoms with Gasteiger partial charge in [-0.15, -0.1) is 0 Å². The number of ether oxygens (including phenoxy) is 1. The maximum atomic E-state index is 14.6. The Kier molecular flexibility index (Phi) is 7.37. The van der Waals surface area contributed by atoms with Crippen LogP contribution in [0.25, 0.3) is 0 Å². The van der Waals surface area contributed by atoms with Crippen LogP contribution in [0.4, 0.5) is 52.3 Å². The lowest BCUT2D eigenvalue weighted by atomic mass is 10.1. The van der Waals surface area contributed by atoms with Crippen LogP contribution in [0.3, 0.4) is 0 Å². The van der Waals surface area contributed by atoms with E-state index in [4.69, 9.17) is 4.74 Å². The minimum Gasteiger partial charge on any atom is -0.480 e. The molecule has 39 heavy (non-hydrogen) atoms. The summed E-state index contributed by atoms with van der Waals surface area (Å²) in [7, 11) is 0. The number of benzene rings is 1. The Bertz CT molecular complexity index is 1360. The van der Waals surface area contributed by atoms with Crippen molar-refractivity contribution in [2.24, 2.45) is 0 Å².